The summed E-state index contributed by atoms with van der Waals surface area (Å²) in [6.45, 7) is 6.93. The van der Waals surface area contributed by atoms with Crippen LogP contribution in [0, 0.1) is 0 Å². The second kappa shape index (κ2) is 8.58. The Labute approximate surface area is 169 Å². The average molecular weight is 399 g/mol. The van der Waals surface area contributed by atoms with Gasteiger partial charge in [-0.3, -0.25) is 4.90 Å². The summed E-state index contributed by atoms with van der Waals surface area (Å²) >= 11 is 6.32. The minimum Gasteiger partial charge on any atom is -0.494 e. The van der Waals surface area contributed by atoms with E-state index in [1.165, 1.54) is 0 Å². The zero-order chi connectivity index (χ0) is 19.3. The number of aromatic nitrogens is 4. The summed E-state index contributed by atoms with van der Waals surface area (Å²) in [6.07, 6.45) is 0. The highest BCUT2D eigenvalue weighted by molar-refractivity contribution is 6.33. The molecule has 1 saturated heterocycles. The molecule has 146 valence electrons. The van der Waals surface area contributed by atoms with Crippen molar-refractivity contribution in [2.24, 2.45) is 0 Å². The Morgan fingerprint density at radius 3 is 2.46 bits per heavy atom. The fourth-order valence-corrected chi connectivity index (χ4v) is 3.56. The molecule has 7 nitrogen and oxygen atoms in total. The molecule has 0 unspecified atom stereocenters. The van der Waals surface area contributed by atoms with Crippen molar-refractivity contribution in [3.63, 3.8) is 0 Å². The van der Waals surface area contributed by atoms with Gasteiger partial charge in [0.2, 0.25) is 5.82 Å². The summed E-state index contributed by atoms with van der Waals surface area (Å²) in [4.78, 5) is 6.28. The molecule has 2 heterocycles. The number of hydrogen-bond donors (Lipinski definition) is 0. The number of halogens is 1. The smallest absolute Gasteiger partial charge is 0.204 e. The first kappa shape index (κ1) is 18.7. The van der Waals surface area contributed by atoms with E-state index in [0.29, 0.717) is 19.1 Å². The van der Waals surface area contributed by atoms with Gasteiger partial charge in [-0.1, -0.05) is 23.7 Å². The van der Waals surface area contributed by atoms with Gasteiger partial charge in [0, 0.05) is 31.7 Å². The van der Waals surface area contributed by atoms with Gasteiger partial charge in [-0.25, -0.2) is 0 Å². The zero-order valence-corrected chi connectivity index (χ0v) is 16.6. The normalized spacial score (nSPS) is 15.0. The maximum Gasteiger partial charge on any atom is 0.204 e. The minimum absolute atomic E-state index is 0.623. The lowest BCUT2D eigenvalue weighted by molar-refractivity contribution is 0.182. The van der Waals surface area contributed by atoms with Gasteiger partial charge in [0.05, 0.1) is 17.3 Å². The van der Waals surface area contributed by atoms with Crippen LogP contribution in [0.2, 0.25) is 5.02 Å². The SMILES string of the molecule is CCOc1ccc(-c2nnn(CN3CCN(c4ccccc4Cl)CC3)n2)cc1. The minimum atomic E-state index is 0.623. The van der Waals surface area contributed by atoms with Crippen LogP contribution < -0.4 is 9.64 Å². The molecule has 0 saturated carbocycles. The Balaban J connectivity index is 1.34. The topological polar surface area (TPSA) is 59.3 Å². The van der Waals surface area contributed by atoms with Crippen LogP contribution in [0.5, 0.6) is 5.75 Å². The van der Waals surface area contributed by atoms with Crippen LogP contribution in [-0.4, -0.2) is 57.9 Å². The predicted octanol–water partition coefficient (Wildman–Crippen LogP) is 3.17. The van der Waals surface area contributed by atoms with Crippen molar-refractivity contribution in [3.8, 4) is 17.1 Å². The third-order valence-electron chi connectivity index (χ3n) is 4.77. The molecule has 2 aromatic carbocycles. The maximum atomic E-state index is 6.32. The fraction of sp³-hybridized carbons (Fsp3) is 0.350. The molecule has 1 fully saturated rings. The van der Waals surface area contributed by atoms with Gasteiger partial charge < -0.3 is 9.64 Å². The summed E-state index contributed by atoms with van der Waals surface area (Å²) < 4.78 is 5.47. The van der Waals surface area contributed by atoms with E-state index in [0.717, 1.165) is 48.2 Å². The summed E-state index contributed by atoms with van der Waals surface area (Å²) in [5.41, 5.74) is 2.03. The van der Waals surface area contributed by atoms with Crippen LogP contribution in [0.3, 0.4) is 0 Å². The van der Waals surface area contributed by atoms with Crippen LogP contribution in [0.1, 0.15) is 6.92 Å². The second-order valence-corrected chi connectivity index (χ2v) is 7.05. The molecule has 0 atom stereocenters. The molecular weight excluding hydrogens is 376 g/mol. The molecule has 0 radical (unpaired) electrons. The van der Waals surface area contributed by atoms with Gasteiger partial charge in [-0.2, -0.15) is 0 Å². The Hall–Kier alpha value is -2.64. The largest absolute Gasteiger partial charge is 0.494 e. The number of benzene rings is 2. The van der Waals surface area contributed by atoms with Crippen LogP contribution >= 0.6 is 11.6 Å². The molecule has 0 bridgehead atoms. The van der Waals surface area contributed by atoms with Gasteiger partial charge in [-0.15, -0.1) is 15.0 Å². The molecule has 1 aromatic heterocycles. The van der Waals surface area contributed by atoms with Crippen molar-refractivity contribution in [2.45, 2.75) is 13.6 Å². The Kier molecular flexibility index (Phi) is 5.73. The molecule has 0 amide bonds. The number of tetrazole rings is 1. The van der Waals surface area contributed by atoms with E-state index < -0.39 is 0 Å². The van der Waals surface area contributed by atoms with Crippen LogP contribution in [-0.2, 0) is 6.67 Å². The monoisotopic (exact) mass is 398 g/mol. The van der Waals surface area contributed by atoms with Crippen molar-refractivity contribution < 1.29 is 4.74 Å². The fourth-order valence-electron chi connectivity index (χ4n) is 3.30. The quantitative estimate of drug-likeness (QED) is 0.635. The van der Waals surface area contributed by atoms with Crippen molar-refractivity contribution >= 4 is 17.3 Å². The van der Waals surface area contributed by atoms with Crippen LogP contribution in [0.25, 0.3) is 11.4 Å². The van der Waals surface area contributed by atoms with E-state index in [1.807, 2.05) is 49.4 Å². The van der Waals surface area contributed by atoms with Crippen molar-refractivity contribution in [3.05, 3.63) is 53.6 Å². The highest BCUT2D eigenvalue weighted by Crippen LogP contribution is 2.26. The van der Waals surface area contributed by atoms with Crippen LogP contribution in [0.4, 0.5) is 5.69 Å². The molecule has 28 heavy (non-hydrogen) atoms. The molecule has 8 heteroatoms. The van der Waals surface area contributed by atoms with E-state index in [1.54, 1.807) is 4.80 Å². The van der Waals surface area contributed by atoms with E-state index in [2.05, 4.69) is 31.3 Å². The summed E-state index contributed by atoms with van der Waals surface area (Å²) in [6, 6.07) is 15.7. The van der Waals surface area contributed by atoms with E-state index in [9.17, 15) is 0 Å². The second-order valence-electron chi connectivity index (χ2n) is 6.64. The summed E-state index contributed by atoms with van der Waals surface area (Å²) in [5, 5.41) is 13.7. The van der Waals surface area contributed by atoms with Gasteiger partial charge in [0.15, 0.2) is 0 Å². The van der Waals surface area contributed by atoms with E-state index in [-0.39, 0.29) is 0 Å². The van der Waals surface area contributed by atoms with E-state index >= 15 is 0 Å². The standard InChI is InChI=1S/C20H23ClN6O/c1-2-28-17-9-7-16(8-10-17)20-22-24-27(23-20)15-25-11-13-26(14-12-25)19-6-4-3-5-18(19)21/h3-10H,2,11-15H2,1H3. The lowest BCUT2D eigenvalue weighted by Gasteiger charge is -2.35. The highest BCUT2D eigenvalue weighted by Gasteiger charge is 2.19. The summed E-state index contributed by atoms with van der Waals surface area (Å²) in [5.74, 6) is 1.47. The molecule has 0 aliphatic carbocycles. The highest BCUT2D eigenvalue weighted by atomic mass is 35.5. The zero-order valence-electron chi connectivity index (χ0n) is 15.8. The molecule has 1 aliphatic heterocycles. The Morgan fingerprint density at radius 2 is 1.75 bits per heavy atom. The lowest BCUT2D eigenvalue weighted by Crippen LogP contribution is -2.47. The van der Waals surface area contributed by atoms with Crippen molar-refractivity contribution in [1.29, 1.82) is 0 Å². The number of para-hydroxylation sites is 1. The predicted molar refractivity (Wildman–Crippen MR) is 110 cm³/mol. The van der Waals surface area contributed by atoms with Gasteiger partial charge >= 0.3 is 0 Å². The molecule has 3 aromatic rings. The maximum absolute atomic E-state index is 6.32. The summed E-state index contributed by atoms with van der Waals surface area (Å²) in [7, 11) is 0. The molecule has 0 spiro atoms. The first-order valence-electron chi connectivity index (χ1n) is 9.46. The van der Waals surface area contributed by atoms with Gasteiger partial charge in [0.1, 0.15) is 12.4 Å². The first-order valence-corrected chi connectivity index (χ1v) is 9.83. The van der Waals surface area contributed by atoms with E-state index in [4.69, 9.17) is 16.3 Å². The molecular formula is C20H23ClN6O. The van der Waals surface area contributed by atoms with Crippen molar-refractivity contribution in [2.75, 3.05) is 37.7 Å². The number of ether oxygens (including phenoxy) is 1. The number of piperazine rings is 1. The average Bonchev–Trinajstić information content (AvgIpc) is 3.18. The van der Waals surface area contributed by atoms with Crippen molar-refractivity contribution in [1.82, 2.24) is 25.1 Å². The molecule has 1 aliphatic rings. The number of nitrogens with zero attached hydrogens (tertiary/aromatic N) is 6. The molecule has 4 rings (SSSR count). The first-order chi connectivity index (χ1) is 13.7. The number of rotatable bonds is 6. The third kappa shape index (κ3) is 4.26. The number of anilines is 1. The number of hydrogen-bond acceptors (Lipinski definition) is 6. The van der Waals surface area contributed by atoms with Gasteiger partial charge in [-0.05, 0) is 48.5 Å². The van der Waals surface area contributed by atoms with Gasteiger partial charge in [0.25, 0.3) is 0 Å². The van der Waals surface area contributed by atoms with Crippen LogP contribution in [0.15, 0.2) is 48.5 Å². The Bertz CT molecular complexity index is 905. The third-order valence-corrected chi connectivity index (χ3v) is 5.09. The Morgan fingerprint density at radius 1 is 1.00 bits per heavy atom. The lowest BCUT2D eigenvalue weighted by atomic mass is 10.2. The molecule has 0 N–H and O–H groups in total.